The van der Waals surface area contributed by atoms with Gasteiger partial charge in [-0.2, -0.15) is 0 Å². The Labute approximate surface area is 98.6 Å². The lowest BCUT2D eigenvalue weighted by molar-refractivity contribution is -0.115. The van der Waals surface area contributed by atoms with E-state index in [0.717, 1.165) is 0 Å². The molecule has 0 saturated carbocycles. The molecule has 0 saturated heterocycles. The third kappa shape index (κ3) is 4.50. The Hall–Kier alpha value is -2.11. The van der Waals surface area contributed by atoms with Gasteiger partial charge < -0.3 is 15.5 Å². The molecule has 0 aliphatic rings. The van der Waals surface area contributed by atoms with Gasteiger partial charge in [0.05, 0.1) is 6.54 Å². The number of nitrogens with one attached hydrogen (secondary N) is 2. The van der Waals surface area contributed by atoms with Crippen molar-refractivity contribution in [3.8, 4) is 0 Å². The molecule has 3 amide bonds. The van der Waals surface area contributed by atoms with E-state index in [9.17, 15) is 14.0 Å². The molecule has 0 spiro atoms. The van der Waals surface area contributed by atoms with Crippen LogP contribution in [0.2, 0.25) is 0 Å². The maximum absolute atomic E-state index is 12.6. The van der Waals surface area contributed by atoms with Crippen LogP contribution in [0, 0.1) is 5.82 Å². The van der Waals surface area contributed by atoms with Crippen LogP contribution in [0.15, 0.2) is 24.3 Å². The van der Waals surface area contributed by atoms with E-state index in [-0.39, 0.29) is 24.3 Å². The van der Waals surface area contributed by atoms with Crippen molar-refractivity contribution in [3.63, 3.8) is 0 Å². The van der Waals surface area contributed by atoms with E-state index < -0.39 is 0 Å². The Bertz CT molecular complexity index is 404. The van der Waals surface area contributed by atoms with E-state index in [1.807, 2.05) is 0 Å². The summed E-state index contributed by atoms with van der Waals surface area (Å²) < 4.78 is 12.6. The Kier molecular flexibility index (Phi) is 4.45. The van der Waals surface area contributed by atoms with Crippen LogP contribution in [0.4, 0.5) is 14.9 Å². The summed E-state index contributed by atoms with van der Waals surface area (Å²) in [5, 5.41) is 4.94. The van der Waals surface area contributed by atoms with Gasteiger partial charge in [0.2, 0.25) is 5.91 Å². The minimum Gasteiger partial charge on any atom is -0.331 e. The van der Waals surface area contributed by atoms with Gasteiger partial charge >= 0.3 is 6.03 Å². The quantitative estimate of drug-likeness (QED) is 0.827. The average molecular weight is 239 g/mol. The van der Waals surface area contributed by atoms with Crippen LogP contribution in [0.25, 0.3) is 0 Å². The van der Waals surface area contributed by atoms with Crippen LogP contribution in [0.3, 0.4) is 0 Å². The van der Waals surface area contributed by atoms with Crippen molar-refractivity contribution in [1.82, 2.24) is 10.2 Å². The van der Waals surface area contributed by atoms with Crippen molar-refractivity contribution in [2.45, 2.75) is 0 Å². The molecule has 0 fully saturated rings. The summed E-state index contributed by atoms with van der Waals surface area (Å²) in [5.41, 5.74) is 0.482. The van der Waals surface area contributed by atoms with E-state index in [0.29, 0.717) is 5.69 Å². The molecule has 0 aromatic heterocycles. The van der Waals surface area contributed by atoms with Crippen molar-refractivity contribution in [3.05, 3.63) is 30.1 Å². The summed E-state index contributed by atoms with van der Waals surface area (Å²) in [6, 6.07) is 5.03. The van der Waals surface area contributed by atoms with Gasteiger partial charge in [0, 0.05) is 19.8 Å². The first-order valence-corrected chi connectivity index (χ1v) is 4.99. The zero-order valence-corrected chi connectivity index (χ0v) is 9.66. The van der Waals surface area contributed by atoms with Gasteiger partial charge in [0.25, 0.3) is 0 Å². The van der Waals surface area contributed by atoms with Gasteiger partial charge in [-0.15, -0.1) is 0 Å². The number of urea groups is 1. The Morgan fingerprint density at radius 3 is 2.35 bits per heavy atom. The Morgan fingerprint density at radius 1 is 1.24 bits per heavy atom. The van der Waals surface area contributed by atoms with Crippen molar-refractivity contribution < 1.29 is 14.0 Å². The van der Waals surface area contributed by atoms with E-state index >= 15 is 0 Å². The maximum Gasteiger partial charge on any atom is 0.317 e. The van der Waals surface area contributed by atoms with E-state index in [2.05, 4.69) is 10.6 Å². The first-order chi connectivity index (χ1) is 7.99. The van der Waals surface area contributed by atoms with E-state index in [1.165, 1.54) is 29.2 Å². The zero-order chi connectivity index (χ0) is 12.8. The lowest BCUT2D eigenvalue weighted by atomic mass is 10.3. The number of rotatable bonds is 3. The number of hydrogen-bond donors (Lipinski definition) is 2. The molecule has 0 atom stereocenters. The third-order valence-corrected chi connectivity index (χ3v) is 1.93. The van der Waals surface area contributed by atoms with E-state index in [1.54, 1.807) is 14.1 Å². The summed E-state index contributed by atoms with van der Waals surface area (Å²) >= 11 is 0. The van der Waals surface area contributed by atoms with Crippen molar-refractivity contribution in [2.24, 2.45) is 0 Å². The van der Waals surface area contributed by atoms with E-state index in [4.69, 9.17) is 0 Å². The van der Waals surface area contributed by atoms with Crippen molar-refractivity contribution >= 4 is 17.6 Å². The number of hydrogen-bond acceptors (Lipinski definition) is 2. The molecule has 17 heavy (non-hydrogen) atoms. The molecule has 0 heterocycles. The molecule has 1 aromatic carbocycles. The number of nitrogens with zero attached hydrogens (tertiary/aromatic N) is 1. The average Bonchev–Trinajstić information content (AvgIpc) is 2.29. The highest BCUT2D eigenvalue weighted by Gasteiger charge is 2.06. The zero-order valence-electron chi connectivity index (χ0n) is 9.66. The normalized spacial score (nSPS) is 9.59. The van der Waals surface area contributed by atoms with Gasteiger partial charge in [0.15, 0.2) is 0 Å². The predicted molar refractivity (Wildman–Crippen MR) is 62.1 cm³/mol. The smallest absolute Gasteiger partial charge is 0.317 e. The summed E-state index contributed by atoms with van der Waals surface area (Å²) in [7, 11) is 3.15. The largest absolute Gasteiger partial charge is 0.331 e. The second kappa shape index (κ2) is 5.83. The molecule has 5 nitrogen and oxygen atoms in total. The van der Waals surface area contributed by atoms with Crippen LogP contribution in [0.1, 0.15) is 0 Å². The molecule has 0 aliphatic heterocycles. The fourth-order valence-corrected chi connectivity index (χ4v) is 1.05. The van der Waals surface area contributed by atoms with Gasteiger partial charge in [0.1, 0.15) is 5.82 Å². The number of carbonyl (C=O) groups is 2. The van der Waals surface area contributed by atoms with Crippen molar-refractivity contribution in [2.75, 3.05) is 26.0 Å². The highest BCUT2D eigenvalue weighted by molar-refractivity contribution is 5.94. The fraction of sp³-hybridized carbons (Fsp3) is 0.273. The van der Waals surface area contributed by atoms with Gasteiger partial charge in [-0.25, -0.2) is 9.18 Å². The first kappa shape index (κ1) is 13.0. The van der Waals surface area contributed by atoms with Gasteiger partial charge in [-0.1, -0.05) is 0 Å². The monoisotopic (exact) mass is 239 g/mol. The molecular weight excluding hydrogens is 225 g/mol. The number of benzene rings is 1. The molecule has 0 radical (unpaired) electrons. The molecule has 1 aromatic rings. The van der Waals surface area contributed by atoms with Crippen LogP contribution < -0.4 is 10.6 Å². The van der Waals surface area contributed by atoms with Crippen LogP contribution in [-0.2, 0) is 4.79 Å². The fourth-order valence-electron chi connectivity index (χ4n) is 1.05. The summed E-state index contributed by atoms with van der Waals surface area (Å²) in [5.74, 6) is -0.740. The maximum atomic E-state index is 12.6. The van der Waals surface area contributed by atoms with Gasteiger partial charge in [-0.3, -0.25) is 4.79 Å². The molecule has 0 aliphatic carbocycles. The minimum atomic E-state index is -0.371. The molecule has 0 bridgehead atoms. The molecular formula is C11H14FN3O2. The second-order valence-electron chi connectivity index (χ2n) is 3.61. The Morgan fingerprint density at radius 2 is 1.82 bits per heavy atom. The SMILES string of the molecule is CN(C)C(=O)NCC(=O)Nc1ccc(F)cc1. The number of halogens is 1. The third-order valence-electron chi connectivity index (χ3n) is 1.93. The number of amides is 3. The van der Waals surface area contributed by atoms with Crippen LogP contribution in [-0.4, -0.2) is 37.5 Å². The molecule has 1 rings (SSSR count). The summed E-state index contributed by atoms with van der Waals surface area (Å²) in [6.07, 6.45) is 0. The second-order valence-corrected chi connectivity index (χ2v) is 3.61. The lowest BCUT2D eigenvalue weighted by Crippen LogP contribution is -2.39. The standard InChI is InChI=1S/C11H14FN3O2/c1-15(2)11(17)13-7-10(16)14-9-5-3-8(12)4-6-9/h3-6H,7H2,1-2H3,(H,13,17)(H,14,16). The lowest BCUT2D eigenvalue weighted by Gasteiger charge is -2.11. The molecule has 92 valence electrons. The van der Waals surface area contributed by atoms with Crippen LogP contribution >= 0.6 is 0 Å². The highest BCUT2D eigenvalue weighted by atomic mass is 19.1. The number of carbonyl (C=O) groups excluding carboxylic acids is 2. The predicted octanol–water partition coefficient (Wildman–Crippen LogP) is 1.04. The van der Waals surface area contributed by atoms with Crippen LogP contribution in [0.5, 0.6) is 0 Å². The van der Waals surface area contributed by atoms with Gasteiger partial charge in [-0.05, 0) is 24.3 Å². The Balaban J connectivity index is 2.40. The highest BCUT2D eigenvalue weighted by Crippen LogP contribution is 2.07. The summed E-state index contributed by atoms with van der Waals surface area (Å²) in [6.45, 7) is -0.131. The topological polar surface area (TPSA) is 61.4 Å². The molecule has 0 unspecified atom stereocenters. The summed E-state index contributed by atoms with van der Waals surface area (Å²) in [4.78, 5) is 23.8. The molecule has 2 N–H and O–H groups in total. The first-order valence-electron chi connectivity index (χ1n) is 4.99. The minimum absolute atomic E-state index is 0.131. The number of anilines is 1. The molecule has 6 heteroatoms. The van der Waals surface area contributed by atoms with Crippen molar-refractivity contribution in [1.29, 1.82) is 0 Å².